The van der Waals surface area contributed by atoms with Crippen LogP contribution in [0.1, 0.15) is 30.9 Å². The monoisotopic (exact) mass is 377 g/mol. The molecule has 9 nitrogen and oxygen atoms in total. The fraction of sp³-hybridized carbons (Fsp3) is 0.556. The lowest BCUT2D eigenvalue weighted by Gasteiger charge is -2.31. The molecule has 0 spiro atoms. The molecule has 2 N–H and O–H groups in total. The SMILES string of the molecule is COC(=O)NC(=NCCCN1CCC(c2ccccn2)CC1)NC(=O)OC. The maximum Gasteiger partial charge on any atom is 0.413 e. The number of guanidine groups is 1. The number of carbonyl (C=O) groups excluding carboxylic acids is 2. The van der Waals surface area contributed by atoms with Crippen molar-refractivity contribution in [2.75, 3.05) is 40.4 Å². The molecule has 1 saturated heterocycles. The van der Waals surface area contributed by atoms with Crippen molar-refractivity contribution in [2.45, 2.75) is 25.2 Å². The van der Waals surface area contributed by atoms with Gasteiger partial charge in [-0.1, -0.05) is 6.07 Å². The summed E-state index contributed by atoms with van der Waals surface area (Å²) in [7, 11) is 2.47. The van der Waals surface area contributed by atoms with E-state index in [2.05, 4.69) is 41.0 Å². The summed E-state index contributed by atoms with van der Waals surface area (Å²) in [5.41, 5.74) is 1.18. The molecule has 1 fully saturated rings. The van der Waals surface area contributed by atoms with Crippen LogP contribution in [0.2, 0.25) is 0 Å². The molecule has 148 valence electrons. The van der Waals surface area contributed by atoms with Gasteiger partial charge in [-0.05, 0) is 51.0 Å². The number of aliphatic imine (C=N–C) groups is 1. The maximum absolute atomic E-state index is 11.3. The van der Waals surface area contributed by atoms with Crippen molar-refractivity contribution in [3.63, 3.8) is 0 Å². The van der Waals surface area contributed by atoms with Crippen LogP contribution >= 0.6 is 0 Å². The number of aromatic nitrogens is 1. The van der Waals surface area contributed by atoms with E-state index in [4.69, 9.17) is 0 Å². The molecule has 1 aliphatic heterocycles. The van der Waals surface area contributed by atoms with E-state index in [9.17, 15) is 9.59 Å². The van der Waals surface area contributed by atoms with Crippen molar-refractivity contribution in [1.82, 2.24) is 20.5 Å². The number of nitrogens with zero attached hydrogens (tertiary/aromatic N) is 3. The van der Waals surface area contributed by atoms with Crippen LogP contribution in [0.4, 0.5) is 9.59 Å². The molecule has 1 aromatic heterocycles. The third-order valence-corrected chi connectivity index (χ3v) is 4.41. The molecule has 1 aromatic rings. The summed E-state index contributed by atoms with van der Waals surface area (Å²) in [6.45, 7) is 3.42. The van der Waals surface area contributed by atoms with Crippen molar-refractivity contribution in [2.24, 2.45) is 4.99 Å². The van der Waals surface area contributed by atoms with Gasteiger partial charge < -0.3 is 14.4 Å². The van der Waals surface area contributed by atoms with Crippen molar-refractivity contribution >= 4 is 18.1 Å². The molecule has 2 heterocycles. The van der Waals surface area contributed by atoms with Gasteiger partial charge in [0, 0.05) is 24.4 Å². The van der Waals surface area contributed by atoms with Crippen LogP contribution in [0.25, 0.3) is 0 Å². The minimum Gasteiger partial charge on any atom is -0.453 e. The van der Waals surface area contributed by atoms with Gasteiger partial charge in [0.2, 0.25) is 5.96 Å². The number of nitrogens with one attached hydrogen (secondary N) is 2. The van der Waals surface area contributed by atoms with Gasteiger partial charge in [0.1, 0.15) is 0 Å². The van der Waals surface area contributed by atoms with E-state index >= 15 is 0 Å². The number of ether oxygens (including phenoxy) is 2. The van der Waals surface area contributed by atoms with Crippen molar-refractivity contribution in [3.8, 4) is 0 Å². The summed E-state index contributed by atoms with van der Waals surface area (Å²) in [6, 6.07) is 6.08. The second kappa shape index (κ2) is 11.1. The van der Waals surface area contributed by atoms with Crippen LogP contribution in [-0.2, 0) is 9.47 Å². The van der Waals surface area contributed by atoms with Gasteiger partial charge in [0.25, 0.3) is 0 Å². The zero-order chi connectivity index (χ0) is 19.5. The molecule has 2 amide bonds. The third-order valence-electron chi connectivity index (χ3n) is 4.41. The van der Waals surface area contributed by atoms with Crippen LogP contribution in [0.3, 0.4) is 0 Å². The minimum atomic E-state index is -0.707. The quantitative estimate of drug-likeness (QED) is 0.460. The van der Waals surface area contributed by atoms with Gasteiger partial charge in [-0.3, -0.25) is 20.6 Å². The van der Waals surface area contributed by atoms with E-state index in [1.165, 1.54) is 19.9 Å². The second-order valence-electron chi connectivity index (χ2n) is 6.19. The first kappa shape index (κ1) is 20.6. The van der Waals surface area contributed by atoms with E-state index in [1.807, 2.05) is 18.3 Å². The van der Waals surface area contributed by atoms with E-state index in [0.29, 0.717) is 12.5 Å². The highest BCUT2D eigenvalue weighted by Gasteiger charge is 2.20. The number of rotatable bonds is 5. The number of carbonyl (C=O) groups is 2. The Kier molecular flexibility index (Phi) is 8.50. The van der Waals surface area contributed by atoms with Gasteiger partial charge in [-0.15, -0.1) is 0 Å². The number of piperidine rings is 1. The Labute approximate surface area is 159 Å². The fourth-order valence-electron chi connectivity index (χ4n) is 2.96. The lowest BCUT2D eigenvalue weighted by molar-refractivity contribution is 0.173. The zero-order valence-corrected chi connectivity index (χ0v) is 15.8. The molecule has 0 aliphatic carbocycles. The molecule has 0 saturated carbocycles. The predicted molar refractivity (Wildman–Crippen MR) is 101 cm³/mol. The Balaban J connectivity index is 1.73. The summed E-state index contributed by atoms with van der Waals surface area (Å²) in [5.74, 6) is 0.545. The highest BCUT2D eigenvalue weighted by atomic mass is 16.5. The first-order valence-corrected chi connectivity index (χ1v) is 9.00. The van der Waals surface area contributed by atoms with E-state index in [0.717, 1.165) is 38.9 Å². The fourth-order valence-corrected chi connectivity index (χ4v) is 2.96. The standard InChI is InChI=1S/C18H27N5O4/c1-26-17(24)21-16(22-18(25)27-2)20-10-5-11-23-12-7-14(8-13-23)15-6-3-4-9-19-15/h3-4,6,9,14H,5,7-8,10-13H2,1-2H3,(H2,20,21,22,24,25). The Bertz CT molecular complexity index is 610. The van der Waals surface area contributed by atoms with E-state index < -0.39 is 12.2 Å². The van der Waals surface area contributed by atoms with Crippen LogP contribution in [0.15, 0.2) is 29.4 Å². The topological polar surface area (TPSA) is 105 Å². The molecule has 0 unspecified atom stereocenters. The molecule has 0 radical (unpaired) electrons. The van der Waals surface area contributed by atoms with Gasteiger partial charge in [0.05, 0.1) is 14.2 Å². The molecule has 27 heavy (non-hydrogen) atoms. The largest absolute Gasteiger partial charge is 0.453 e. The first-order chi connectivity index (χ1) is 13.1. The predicted octanol–water partition coefficient (Wildman–Crippen LogP) is 1.72. The molecule has 2 rings (SSSR count). The maximum atomic E-state index is 11.3. The third kappa shape index (κ3) is 7.22. The number of methoxy groups -OCH3 is 2. The Morgan fingerprint density at radius 1 is 1.19 bits per heavy atom. The Morgan fingerprint density at radius 3 is 2.41 bits per heavy atom. The summed E-state index contributed by atoms with van der Waals surface area (Å²) < 4.78 is 9.02. The van der Waals surface area contributed by atoms with Crippen LogP contribution in [0, 0.1) is 0 Å². The lowest BCUT2D eigenvalue weighted by Crippen LogP contribution is -2.44. The second-order valence-corrected chi connectivity index (χ2v) is 6.19. The summed E-state index contributed by atoms with van der Waals surface area (Å²) in [4.78, 5) is 33.7. The van der Waals surface area contributed by atoms with Gasteiger partial charge in [-0.25, -0.2) is 9.59 Å². The number of pyridine rings is 1. The van der Waals surface area contributed by atoms with Gasteiger partial charge >= 0.3 is 12.2 Å². The average molecular weight is 377 g/mol. The smallest absolute Gasteiger partial charge is 0.413 e. The van der Waals surface area contributed by atoms with Gasteiger partial charge in [-0.2, -0.15) is 0 Å². The van der Waals surface area contributed by atoms with E-state index in [1.54, 1.807) is 0 Å². The van der Waals surface area contributed by atoms with Crippen LogP contribution < -0.4 is 10.6 Å². The number of hydrogen-bond donors (Lipinski definition) is 2. The lowest BCUT2D eigenvalue weighted by atomic mass is 9.93. The number of alkyl carbamates (subject to hydrolysis) is 2. The summed E-state index contributed by atoms with van der Waals surface area (Å²) in [6.07, 6.45) is 3.44. The molecule has 0 bridgehead atoms. The van der Waals surface area contributed by atoms with Crippen molar-refractivity contribution in [1.29, 1.82) is 0 Å². The highest BCUT2D eigenvalue weighted by molar-refractivity contribution is 6.01. The Hall–Kier alpha value is -2.68. The molecular weight excluding hydrogens is 350 g/mol. The normalized spacial score (nSPS) is 14.9. The number of likely N-dealkylation sites (tertiary alicyclic amines) is 1. The van der Waals surface area contributed by atoms with Crippen LogP contribution in [-0.4, -0.2) is 68.4 Å². The highest BCUT2D eigenvalue weighted by Crippen LogP contribution is 2.26. The average Bonchev–Trinajstić information content (AvgIpc) is 2.71. The molecule has 0 aromatic carbocycles. The molecule has 0 atom stereocenters. The minimum absolute atomic E-state index is 0.0163. The number of hydrogen-bond acceptors (Lipinski definition) is 7. The number of amides is 2. The van der Waals surface area contributed by atoms with Crippen LogP contribution in [0.5, 0.6) is 0 Å². The Morgan fingerprint density at radius 2 is 1.85 bits per heavy atom. The van der Waals surface area contributed by atoms with E-state index in [-0.39, 0.29) is 5.96 Å². The van der Waals surface area contributed by atoms with Crippen molar-refractivity contribution in [3.05, 3.63) is 30.1 Å². The molecule has 9 heteroatoms. The van der Waals surface area contributed by atoms with Gasteiger partial charge in [0.15, 0.2) is 0 Å². The summed E-state index contributed by atoms with van der Waals surface area (Å²) in [5, 5.41) is 4.70. The molecular formula is C18H27N5O4. The zero-order valence-electron chi connectivity index (χ0n) is 15.8. The first-order valence-electron chi connectivity index (χ1n) is 9.00. The molecule has 1 aliphatic rings. The van der Waals surface area contributed by atoms with Crippen molar-refractivity contribution < 1.29 is 19.1 Å². The summed E-state index contributed by atoms with van der Waals surface area (Å²) >= 11 is 0.